The van der Waals surface area contributed by atoms with Crippen molar-refractivity contribution in [3.8, 4) is 0 Å². The minimum atomic E-state index is 0.478. The van der Waals surface area contributed by atoms with Crippen LogP contribution < -0.4 is 0 Å². The molecule has 88 valence electrons. The van der Waals surface area contributed by atoms with E-state index in [-0.39, 0.29) is 0 Å². The molecule has 0 aliphatic carbocycles. The fourth-order valence-electron chi connectivity index (χ4n) is 2.59. The standard InChI is InChI=1S/C14H22N2/c1-8-16-13(10(4)5)12(9(2)3)11(6)14(16)15-7/h9-10H,8H2,1-6H3. The molecule has 1 aromatic heterocycles. The molecule has 1 heterocycles. The highest BCUT2D eigenvalue weighted by molar-refractivity contribution is 5.56. The van der Waals surface area contributed by atoms with Gasteiger partial charge in [-0.05, 0) is 30.9 Å². The van der Waals surface area contributed by atoms with Crippen LogP contribution in [0, 0.1) is 13.5 Å². The summed E-state index contributed by atoms with van der Waals surface area (Å²) in [7, 11) is 0. The largest absolute Gasteiger partial charge is 0.364 e. The number of hydrogen-bond acceptors (Lipinski definition) is 0. The fraction of sp³-hybridized carbons (Fsp3) is 0.643. The summed E-state index contributed by atoms with van der Waals surface area (Å²) in [5.41, 5.74) is 3.90. The van der Waals surface area contributed by atoms with Crippen molar-refractivity contribution in [3.63, 3.8) is 0 Å². The summed E-state index contributed by atoms with van der Waals surface area (Å²) in [5, 5.41) is 0. The Morgan fingerprint density at radius 2 is 1.75 bits per heavy atom. The average molecular weight is 218 g/mol. The molecule has 0 atom stereocenters. The Labute approximate surface area is 99.1 Å². The van der Waals surface area contributed by atoms with Crippen LogP contribution in [0.3, 0.4) is 0 Å². The summed E-state index contributed by atoms with van der Waals surface area (Å²) in [6.07, 6.45) is 0. The Balaban J connectivity index is 3.61. The fourth-order valence-corrected chi connectivity index (χ4v) is 2.59. The highest BCUT2D eigenvalue weighted by atomic mass is 15.1. The van der Waals surface area contributed by atoms with Crippen LogP contribution in [0.5, 0.6) is 0 Å². The SMILES string of the molecule is [C-]#[N+]c1c(C)c(C(C)C)c(C(C)C)n1CC. The lowest BCUT2D eigenvalue weighted by Crippen LogP contribution is -2.05. The van der Waals surface area contributed by atoms with Crippen LogP contribution in [-0.4, -0.2) is 4.57 Å². The molecular weight excluding hydrogens is 196 g/mol. The molecule has 0 fully saturated rings. The van der Waals surface area contributed by atoms with Crippen molar-refractivity contribution < 1.29 is 0 Å². The molecule has 0 bridgehead atoms. The van der Waals surface area contributed by atoms with Gasteiger partial charge < -0.3 is 4.85 Å². The number of rotatable bonds is 3. The first-order chi connectivity index (χ1) is 7.45. The second-order valence-electron chi connectivity index (χ2n) is 4.91. The molecule has 2 heteroatoms. The first-order valence-electron chi connectivity index (χ1n) is 6.05. The number of hydrogen-bond donors (Lipinski definition) is 0. The van der Waals surface area contributed by atoms with E-state index < -0.39 is 0 Å². The highest BCUT2D eigenvalue weighted by Gasteiger charge is 2.24. The summed E-state index contributed by atoms with van der Waals surface area (Å²) in [5.74, 6) is 1.80. The van der Waals surface area contributed by atoms with E-state index in [0.717, 1.165) is 12.4 Å². The molecule has 0 amide bonds. The monoisotopic (exact) mass is 218 g/mol. The van der Waals surface area contributed by atoms with Crippen LogP contribution in [0.25, 0.3) is 4.85 Å². The van der Waals surface area contributed by atoms with Crippen LogP contribution >= 0.6 is 0 Å². The van der Waals surface area contributed by atoms with Gasteiger partial charge in [-0.1, -0.05) is 34.3 Å². The van der Waals surface area contributed by atoms with Crippen molar-refractivity contribution in [2.24, 2.45) is 0 Å². The van der Waals surface area contributed by atoms with E-state index in [1.165, 1.54) is 16.8 Å². The maximum Gasteiger partial charge on any atom is 0.233 e. The molecule has 0 unspecified atom stereocenters. The molecule has 16 heavy (non-hydrogen) atoms. The first-order valence-corrected chi connectivity index (χ1v) is 6.05. The van der Waals surface area contributed by atoms with Crippen molar-refractivity contribution in [3.05, 3.63) is 28.2 Å². The van der Waals surface area contributed by atoms with E-state index >= 15 is 0 Å². The molecule has 1 rings (SSSR count). The lowest BCUT2D eigenvalue weighted by Gasteiger charge is -2.12. The average Bonchev–Trinajstić information content (AvgIpc) is 2.50. The Hall–Kier alpha value is -1.23. The van der Waals surface area contributed by atoms with Gasteiger partial charge in [0.05, 0.1) is 12.2 Å². The number of aromatic nitrogens is 1. The Morgan fingerprint density at radius 3 is 2.06 bits per heavy atom. The van der Waals surface area contributed by atoms with Gasteiger partial charge in [-0.15, -0.1) is 0 Å². The zero-order valence-corrected chi connectivity index (χ0v) is 11.3. The third kappa shape index (κ3) is 1.87. The molecule has 0 spiro atoms. The highest BCUT2D eigenvalue weighted by Crippen LogP contribution is 2.37. The van der Waals surface area contributed by atoms with Gasteiger partial charge in [-0.3, -0.25) is 4.57 Å². The lowest BCUT2D eigenvalue weighted by molar-refractivity contribution is 0.664. The van der Waals surface area contributed by atoms with E-state index in [9.17, 15) is 0 Å². The molecule has 0 saturated carbocycles. The molecule has 0 aromatic carbocycles. The molecule has 0 saturated heterocycles. The van der Waals surface area contributed by atoms with Crippen molar-refractivity contribution in [2.75, 3.05) is 0 Å². The zero-order valence-electron chi connectivity index (χ0n) is 11.3. The minimum Gasteiger partial charge on any atom is -0.364 e. The lowest BCUT2D eigenvalue weighted by atomic mass is 9.94. The smallest absolute Gasteiger partial charge is 0.233 e. The molecule has 0 aliphatic heterocycles. The normalized spacial score (nSPS) is 11.2. The zero-order chi connectivity index (χ0) is 12.5. The van der Waals surface area contributed by atoms with Crippen molar-refractivity contribution in [1.29, 1.82) is 0 Å². The summed E-state index contributed by atoms with van der Waals surface area (Å²) >= 11 is 0. The van der Waals surface area contributed by atoms with Crippen molar-refractivity contribution in [2.45, 2.75) is 59.9 Å². The van der Waals surface area contributed by atoms with E-state index in [1.807, 2.05) is 0 Å². The molecule has 0 radical (unpaired) electrons. The van der Waals surface area contributed by atoms with Gasteiger partial charge in [-0.2, -0.15) is 0 Å². The Kier molecular flexibility index (Phi) is 3.80. The number of nitrogens with zero attached hydrogens (tertiary/aromatic N) is 2. The van der Waals surface area contributed by atoms with Gasteiger partial charge in [0.1, 0.15) is 0 Å². The van der Waals surface area contributed by atoms with Crippen LogP contribution in [0.2, 0.25) is 0 Å². The van der Waals surface area contributed by atoms with Crippen molar-refractivity contribution in [1.82, 2.24) is 4.57 Å². The summed E-state index contributed by atoms with van der Waals surface area (Å²) in [6, 6.07) is 0. The summed E-state index contributed by atoms with van der Waals surface area (Å²) < 4.78 is 2.18. The van der Waals surface area contributed by atoms with Gasteiger partial charge in [-0.25, -0.2) is 0 Å². The van der Waals surface area contributed by atoms with E-state index in [2.05, 4.69) is 51.0 Å². The van der Waals surface area contributed by atoms with E-state index in [0.29, 0.717) is 11.8 Å². The second-order valence-corrected chi connectivity index (χ2v) is 4.91. The quantitative estimate of drug-likeness (QED) is 0.655. The first kappa shape index (κ1) is 12.8. The molecule has 0 N–H and O–H groups in total. The van der Waals surface area contributed by atoms with Gasteiger partial charge >= 0.3 is 0 Å². The van der Waals surface area contributed by atoms with Gasteiger partial charge in [0.2, 0.25) is 5.82 Å². The minimum absolute atomic E-state index is 0.478. The topological polar surface area (TPSA) is 9.29 Å². The van der Waals surface area contributed by atoms with Crippen LogP contribution in [0.1, 0.15) is 63.3 Å². The molecular formula is C14H22N2. The molecule has 0 aliphatic rings. The third-order valence-electron chi connectivity index (χ3n) is 3.11. The van der Waals surface area contributed by atoms with Gasteiger partial charge in [0, 0.05) is 5.92 Å². The maximum absolute atomic E-state index is 7.32. The van der Waals surface area contributed by atoms with Gasteiger partial charge in [0.15, 0.2) is 0 Å². The Bertz CT molecular complexity index is 417. The van der Waals surface area contributed by atoms with Crippen LogP contribution in [0.4, 0.5) is 5.82 Å². The van der Waals surface area contributed by atoms with Crippen molar-refractivity contribution >= 4 is 5.82 Å². The predicted molar refractivity (Wildman–Crippen MR) is 69.3 cm³/mol. The summed E-state index contributed by atoms with van der Waals surface area (Å²) in [6.45, 7) is 21.3. The van der Waals surface area contributed by atoms with E-state index in [1.54, 1.807) is 0 Å². The predicted octanol–water partition coefficient (Wildman–Crippen LogP) is 4.61. The molecule has 1 aromatic rings. The Morgan fingerprint density at radius 1 is 1.19 bits per heavy atom. The van der Waals surface area contributed by atoms with Crippen LogP contribution in [0.15, 0.2) is 0 Å². The molecule has 2 nitrogen and oxygen atoms in total. The maximum atomic E-state index is 7.32. The van der Waals surface area contributed by atoms with Crippen LogP contribution in [-0.2, 0) is 6.54 Å². The van der Waals surface area contributed by atoms with E-state index in [4.69, 9.17) is 6.57 Å². The third-order valence-corrected chi connectivity index (χ3v) is 3.11. The summed E-state index contributed by atoms with van der Waals surface area (Å²) in [4.78, 5) is 3.70. The van der Waals surface area contributed by atoms with Gasteiger partial charge in [0.25, 0.3) is 0 Å². The second kappa shape index (κ2) is 4.74.